The topological polar surface area (TPSA) is 49.4 Å². The summed E-state index contributed by atoms with van der Waals surface area (Å²) in [4.78, 5) is 2.12. The van der Waals surface area contributed by atoms with Crippen LogP contribution < -0.4 is 5.32 Å². The van der Waals surface area contributed by atoms with Gasteiger partial charge in [0.15, 0.2) is 9.84 Å². The van der Waals surface area contributed by atoms with Crippen LogP contribution in [0.4, 0.5) is 0 Å². The summed E-state index contributed by atoms with van der Waals surface area (Å²) in [6.45, 7) is 5.03. The van der Waals surface area contributed by atoms with Crippen molar-refractivity contribution in [1.82, 2.24) is 10.2 Å². The second-order valence-electron chi connectivity index (χ2n) is 5.18. The van der Waals surface area contributed by atoms with E-state index in [1.165, 1.54) is 5.56 Å². The van der Waals surface area contributed by atoms with Gasteiger partial charge in [0.25, 0.3) is 0 Å². The van der Waals surface area contributed by atoms with E-state index in [1.807, 2.05) is 18.2 Å². The SMILES string of the molecule is CCS(=O)(=O)C1CSCCN1CCNCc1ccccc1. The van der Waals surface area contributed by atoms with E-state index >= 15 is 0 Å². The summed E-state index contributed by atoms with van der Waals surface area (Å²) in [5, 5.41) is 3.09. The van der Waals surface area contributed by atoms with Gasteiger partial charge in [-0.15, -0.1) is 0 Å². The maximum absolute atomic E-state index is 12.1. The number of nitrogens with zero attached hydrogens (tertiary/aromatic N) is 1. The van der Waals surface area contributed by atoms with E-state index in [0.717, 1.165) is 31.9 Å². The minimum atomic E-state index is -2.98. The Morgan fingerprint density at radius 1 is 1.33 bits per heavy atom. The van der Waals surface area contributed by atoms with Crippen LogP contribution in [0.1, 0.15) is 12.5 Å². The predicted octanol–water partition coefficient (Wildman–Crippen LogP) is 1.59. The third-order valence-electron chi connectivity index (χ3n) is 3.76. The summed E-state index contributed by atoms with van der Waals surface area (Å²) in [7, 11) is -2.98. The molecule has 1 heterocycles. The summed E-state index contributed by atoms with van der Waals surface area (Å²) in [6.07, 6.45) is 0. The van der Waals surface area contributed by atoms with Gasteiger partial charge >= 0.3 is 0 Å². The number of rotatable bonds is 7. The van der Waals surface area contributed by atoms with Crippen molar-refractivity contribution in [2.75, 3.05) is 36.9 Å². The molecule has 2 rings (SSSR count). The van der Waals surface area contributed by atoms with E-state index in [4.69, 9.17) is 0 Å². The Hall–Kier alpha value is -0.560. The molecule has 21 heavy (non-hydrogen) atoms. The van der Waals surface area contributed by atoms with Crippen LogP contribution >= 0.6 is 11.8 Å². The zero-order valence-electron chi connectivity index (χ0n) is 12.5. The van der Waals surface area contributed by atoms with Crippen molar-refractivity contribution in [1.29, 1.82) is 0 Å². The number of benzene rings is 1. The molecule has 1 saturated heterocycles. The first-order valence-electron chi connectivity index (χ1n) is 7.41. The highest BCUT2D eigenvalue weighted by Gasteiger charge is 2.32. The smallest absolute Gasteiger partial charge is 0.166 e. The lowest BCUT2D eigenvalue weighted by Crippen LogP contribution is -2.49. The largest absolute Gasteiger partial charge is 0.311 e. The molecule has 0 saturated carbocycles. The van der Waals surface area contributed by atoms with Crippen molar-refractivity contribution in [3.8, 4) is 0 Å². The number of hydrogen-bond acceptors (Lipinski definition) is 5. The number of nitrogens with one attached hydrogen (secondary N) is 1. The Labute approximate surface area is 132 Å². The van der Waals surface area contributed by atoms with E-state index in [9.17, 15) is 8.42 Å². The molecule has 1 unspecified atom stereocenters. The maximum Gasteiger partial charge on any atom is 0.166 e. The van der Waals surface area contributed by atoms with E-state index in [-0.39, 0.29) is 11.1 Å². The Kier molecular flexibility index (Phi) is 6.54. The Morgan fingerprint density at radius 2 is 2.10 bits per heavy atom. The van der Waals surface area contributed by atoms with Crippen LogP contribution in [0.2, 0.25) is 0 Å². The van der Waals surface area contributed by atoms with Gasteiger partial charge in [-0.3, -0.25) is 4.90 Å². The zero-order chi connectivity index (χ0) is 15.1. The lowest BCUT2D eigenvalue weighted by molar-refractivity contribution is 0.269. The number of thioether (sulfide) groups is 1. The fraction of sp³-hybridized carbons (Fsp3) is 0.600. The average molecular weight is 329 g/mol. The predicted molar refractivity (Wildman–Crippen MR) is 90.3 cm³/mol. The normalized spacial score (nSPS) is 20.5. The van der Waals surface area contributed by atoms with E-state index < -0.39 is 9.84 Å². The molecule has 1 N–H and O–H groups in total. The van der Waals surface area contributed by atoms with Gasteiger partial charge in [0.1, 0.15) is 5.37 Å². The third-order valence-corrected chi connectivity index (χ3v) is 7.09. The van der Waals surface area contributed by atoms with Crippen LogP contribution in [-0.2, 0) is 16.4 Å². The first-order chi connectivity index (χ1) is 10.1. The molecule has 6 heteroatoms. The van der Waals surface area contributed by atoms with Crippen LogP contribution in [0.25, 0.3) is 0 Å². The van der Waals surface area contributed by atoms with Crippen LogP contribution in [-0.4, -0.2) is 55.6 Å². The first-order valence-corrected chi connectivity index (χ1v) is 10.3. The fourth-order valence-corrected chi connectivity index (χ4v) is 5.56. The average Bonchev–Trinajstić information content (AvgIpc) is 2.53. The first kappa shape index (κ1) is 16.8. The van der Waals surface area contributed by atoms with Crippen molar-refractivity contribution in [2.24, 2.45) is 0 Å². The van der Waals surface area contributed by atoms with Gasteiger partial charge in [0.2, 0.25) is 0 Å². The molecule has 0 spiro atoms. The molecular formula is C15H24N2O2S2. The van der Waals surface area contributed by atoms with Gasteiger partial charge in [-0.1, -0.05) is 37.3 Å². The van der Waals surface area contributed by atoms with Gasteiger partial charge in [-0.2, -0.15) is 11.8 Å². The van der Waals surface area contributed by atoms with Crippen molar-refractivity contribution in [3.63, 3.8) is 0 Å². The quantitative estimate of drug-likeness (QED) is 0.770. The Balaban J connectivity index is 1.80. The molecule has 1 aliphatic rings. The summed E-state index contributed by atoms with van der Waals surface area (Å²) in [5.74, 6) is 1.95. The molecule has 118 valence electrons. The Morgan fingerprint density at radius 3 is 2.81 bits per heavy atom. The van der Waals surface area contributed by atoms with Crippen molar-refractivity contribution < 1.29 is 8.42 Å². The maximum atomic E-state index is 12.1. The molecule has 0 radical (unpaired) electrons. The molecule has 1 aromatic rings. The van der Waals surface area contributed by atoms with Crippen molar-refractivity contribution in [2.45, 2.75) is 18.8 Å². The van der Waals surface area contributed by atoms with Gasteiger partial charge in [-0.05, 0) is 5.56 Å². The van der Waals surface area contributed by atoms with Gasteiger partial charge in [0.05, 0.1) is 0 Å². The molecule has 0 amide bonds. The lowest BCUT2D eigenvalue weighted by Gasteiger charge is -2.34. The minimum absolute atomic E-state index is 0.228. The highest BCUT2D eigenvalue weighted by atomic mass is 32.2. The Bertz CT molecular complexity index is 520. The molecule has 1 aromatic carbocycles. The molecule has 0 bridgehead atoms. The summed E-state index contributed by atoms with van der Waals surface area (Å²) >= 11 is 1.74. The monoisotopic (exact) mass is 328 g/mol. The van der Waals surface area contributed by atoms with Gasteiger partial charge in [0, 0.05) is 43.4 Å². The standard InChI is InChI=1S/C15H24N2O2S2/c1-2-21(18,19)15-13-20-11-10-17(15)9-8-16-12-14-6-4-3-5-7-14/h3-7,15-16H,2,8-13H2,1H3. The van der Waals surface area contributed by atoms with E-state index in [2.05, 4.69) is 22.3 Å². The van der Waals surface area contributed by atoms with Crippen molar-refractivity contribution in [3.05, 3.63) is 35.9 Å². The van der Waals surface area contributed by atoms with Crippen LogP contribution in [0, 0.1) is 0 Å². The second kappa shape index (κ2) is 8.17. The summed E-state index contributed by atoms with van der Waals surface area (Å²) < 4.78 is 24.3. The molecule has 1 atom stereocenters. The van der Waals surface area contributed by atoms with Gasteiger partial charge in [-0.25, -0.2) is 8.42 Å². The zero-order valence-corrected chi connectivity index (χ0v) is 14.1. The molecule has 0 aromatic heterocycles. The van der Waals surface area contributed by atoms with Crippen LogP contribution in [0.5, 0.6) is 0 Å². The second-order valence-corrected chi connectivity index (χ2v) is 8.78. The third kappa shape index (κ3) is 4.98. The van der Waals surface area contributed by atoms with E-state index in [1.54, 1.807) is 18.7 Å². The van der Waals surface area contributed by atoms with Crippen LogP contribution in [0.3, 0.4) is 0 Å². The molecule has 1 fully saturated rings. The highest BCUT2D eigenvalue weighted by Crippen LogP contribution is 2.20. The number of sulfone groups is 1. The minimum Gasteiger partial charge on any atom is -0.311 e. The highest BCUT2D eigenvalue weighted by molar-refractivity contribution is 8.01. The molecule has 4 nitrogen and oxygen atoms in total. The molecular weight excluding hydrogens is 304 g/mol. The van der Waals surface area contributed by atoms with Gasteiger partial charge < -0.3 is 5.32 Å². The fourth-order valence-electron chi connectivity index (χ4n) is 2.45. The van der Waals surface area contributed by atoms with Crippen LogP contribution in [0.15, 0.2) is 30.3 Å². The lowest BCUT2D eigenvalue weighted by atomic mass is 10.2. The molecule has 0 aliphatic carbocycles. The van der Waals surface area contributed by atoms with E-state index in [0.29, 0.717) is 5.75 Å². The van der Waals surface area contributed by atoms with Crippen molar-refractivity contribution >= 4 is 21.6 Å². The summed E-state index contributed by atoms with van der Waals surface area (Å²) in [5.41, 5.74) is 1.25. The number of hydrogen-bond donors (Lipinski definition) is 1. The molecule has 1 aliphatic heterocycles. The summed E-state index contributed by atoms with van der Waals surface area (Å²) in [6, 6.07) is 10.3.